The smallest absolute Gasteiger partial charge is 0.255 e. The second-order valence-corrected chi connectivity index (χ2v) is 8.33. The van der Waals surface area contributed by atoms with E-state index in [1.165, 1.54) is 12.1 Å². The van der Waals surface area contributed by atoms with Crippen molar-refractivity contribution >= 4 is 22.8 Å². The lowest BCUT2D eigenvalue weighted by atomic mass is 9.98. The predicted octanol–water partition coefficient (Wildman–Crippen LogP) is 5.16. The number of halogens is 1. The van der Waals surface area contributed by atoms with Gasteiger partial charge in [0.1, 0.15) is 17.2 Å². The number of benzene rings is 3. The van der Waals surface area contributed by atoms with Crippen molar-refractivity contribution in [2.24, 2.45) is 0 Å². The first-order valence-electron chi connectivity index (χ1n) is 11.5. The van der Waals surface area contributed by atoms with Crippen molar-refractivity contribution < 1.29 is 23.5 Å². The maximum atomic E-state index is 13.4. The number of carbonyl (C=O) groups excluding carboxylic acids is 2. The molecule has 0 aliphatic carbocycles. The minimum atomic E-state index is -0.377. The summed E-state index contributed by atoms with van der Waals surface area (Å²) < 4.78 is 19.4. The number of amides is 2. The quantitative estimate of drug-likeness (QED) is 0.329. The van der Waals surface area contributed by atoms with E-state index in [0.29, 0.717) is 39.8 Å². The molecule has 0 radical (unpaired) electrons. The zero-order valence-electron chi connectivity index (χ0n) is 19.6. The molecular formula is C28H27FN2O4. The van der Waals surface area contributed by atoms with Crippen LogP contribution in [0.3, 0.4) is 0 Å². The maximum Gasteiger partial charge on any atom is 0.255 e. The van der Waals surface area contributed by atoms with Crippen LogP contribution in [0.1, 0.15) is 40.5 Å². The summed E-state index contributed by atoms with van der Waals surface area (Å²) in [5, 5.41) is 15.6. The number of nitrogens with one attached hydrogen (secondary N) is 2. The van der Waals surface area contributed by atoms with Crippen LogP contribution in [-0.4, -0.2) is 36.6 Å². The van der Waals surface area contributed by atoms with Crippen molar-refractivity contribution in [1.82, 2.24) is 10.6 Å². The van der Waals surface area contributed by atoms with Gasteiger partial charge < -0.3 is 20.2 Å². The van der Waals surface area contributed by atoms with E-state index >= 15 is 0 Å². The Morgan fingerprint density at radius 1 is 0.971 bits per heavy atom. The fourth-order valence-corrected chi connectivity index (χ4v) is 4.10. The highest BCUT2D eigenvalue weighted by molar-refractivity contribution is 6.11. The van der Waals surface area contributed by atoms with Gasteiger partial charge in [-0.25, -0.2) is 4.39 Å². The predicted molar refractivity (Wildman–Crippen MR) is 134 cm³/mol. The van der Waals surface area contributed by atoms with Crippen molar-refractivity contribution in [2.75, 3.05) is 13.7 Å². The number of hydrogen-bond donors (Lipinski definition) is 3. The minimum Gasteiger partial charge on any atom is -0.455 e. The minimum absolute atomic E-state index is 0.116. The van der Waals surface area contributed by atoms with Gasteiger partial charge in [0.2, 0.25) is 0 Å². The van der Waals surface area contributed by atoms with E-state index in [-0.39, 0.29) is 30.3 Å². The summed E-state index contributed by atoms with van der Waals surface area (Å²) in [5.74, 6) is -0.596. The highest BCUT2D eigenvalue weighted by atomic mass is 19.1. The third-order valence-electron chi connectivity index (χ3n) is 5.90. The average Bonchev–Trinajstić information content (AvgIpc) is 3.27. The molecule has 0 saturated carbocycles. The molecule has 0 spiro atoms. The number of carbonyl (C=O) groups is 2. The summed E-state index contributed by atoms with van der Waals surface area (Å²) in [5.41, 5.74) is 3.54. The molecule has 1 aromatic heterocycles. The summed E-state index contributed by atoms with van der Waals surface area (Å²) >= 11 is 0. The zero-order chi connectivity index (χ0) is 24.9. The number of aliphatic hydroxyl groups excluding tert-OH is 1. The summed E-state index contributed by atoms with van der Waals surface area (Å²) in [4.78, 5) is 25.5. The molecule has 6 nitrogen and oxygen atoms in total. The van der Waals surface area contributed by atoms with Crippen LogP contribution < -0.4 is 10.6 Å². The van der Waals surface area contributed by atoms with Crippen molar-refractivity contribution in [3.05, 3.63) is 83.7 Å². The van der Waals surface area contributed by atoms with Crippen molar-refractivity contribution in [2.45, 2.75) is 25.8 Å². The van der Waals surface area contributed by atoms with E-state index in [0.717, 1.165) is 17.5 Å². The molecule has 0 fully saturated rings. The summed E-state index contributed by atoms with van der Waals surface area (Å²) in [6, 6.07) is 18.1. The topological polar surface area (TPSA) is 91.6 Å². The Hall–Kier alpha value is -3.97. The summed E-state index contributed by atoms with van der Waals surface area (Å²) in [7, 11) is 1.54. The van der Waals surface area contributed by atoms with E-state index in [4.69, 9.17) is 4.42 Å². The van der Waals surface area contributed by atoms with Gasteiger partial charge in [0.05, 0.1) is 18.2 Å². The Morgan fingerprint density at radius 3 is 2.37 bits per heavy atom. The fourth-order valence-electron chi connectivity index (χ4n) is 4.10. The lowest BCUT2D eigenvalue weighted by molar-refractivity contribution is 0.0912. The molecule has 35 heavy (non-hydrogen) atoms. The molecule has 4 rings (SSSR count). The van der Waals surface area contributed by atoms with Crippen LogP contribution in [0.4, 0.5) is 4.39 Å². The Bertz CT molecular complexity index is 1360. The van der Waals surface area contributed by atoms with Crippen LogP contribution in [0.5, 0.6) is 0 Å². The first-order chi connectivity index (χ1) is 16.9. The normalized spacial score (nSPS) is 11.9. The lowest BCUT2D eigenvalue weighted by Crippen LogP contribution is -2.37. The third kappa shape index (κ3) is 5.10. The maximum absolute atomic E-state index is 13.4. The number of fused-ring (bicyclic) bond motifs is 1. The SMILES string of the molecule is CCC[C@H](CO)NC(=O)c1cccc(-c2ccc3oc(-c4ccc(F)cc4)c(C(=O)NC)c3c2)c1. The molecule has 180 valence electrons. The van der Waals surface area contributed by atoms with Gasteiger partial charge in [0, 0.05) is 23.6 Å². The molecule has 0 unspecified atom stereocenters. The van der Waals surface area contributed by atoms with Gasteiger partial charge >= 0.3 is 0 Å². The van der Waals surface area contributed by atoms with Gasteiger partial charge in [0.15, 0.2) is 0 Å². The van der Waals surface area contributed by atoms with E-state index in [1.54, 1.807) is 43.4 Å². The molecule has 4 aromatic rings. The molecule has 7 heteroatoms. The standard InChI is InChI=1S/C28H27FN2O4/c1-3-5-22(16-32)31-27(33)20-7-4-6-18(14-20)19-10-13-24-23(15-19)25(28(34)30-2)26(35-24)17-8-11-21(29)12-9-17/h4,6-15,22,32H,3,5,16H2,1-2H3,(H,30,34)(H,31,33)/t22-/m1/s1. The van der Waals surface area contributed by atoms with Crippen LogP contribution in [0, 0.1) is 5.82 Å². The Labute approximate surface area is 202 Å². The van der Waals surface area contributed by atoms with Crippen molar-refractivity contribution in [3.63, 3.8) is 0 Å². The molecule has 2 amide bonds. The number of aliphatic hydroxyl groups is 1. The van der Waals surface area contributed by atoms with Crippen molar-refractivity contribution in [3.8, 4) is 22.5 Å². The molecule has 1 atom stereocenters. The van der Waals surface area contributed by atoms with Crippen LogP contribution in [0.15, 0.2) is 71.1 Å². The third-order valence-corrected chi connectivity index (χ3v) is 5.90. The van der Waals surface area contributed by atoms with Crippen LogP contribution in [-0.2, 0) is 0 Å². The van der Waals surface area contributed by atoms with E-state index in [1.807, 2.05) is 25.1 Å². The van der Waals surface area contributed by atoms with Gasteiger partial charge in [-0.15, -0.1) is 0 Å². The number of rotatable bonds is 8. The molecule has 1 heterocycles. The largest absolute Gasteiger partial charge is 0.455 e. The van der Waals surface area contributed by atoms with Gasteiger partial charge in [-0.1, -0.05) is 31.5 Å². The highest BCUT2D eigenvalue weighted by Gasteiger charge is 2.22. The molecule has 0 saturated heterocycles. The van der Waals surface area contributed by atoms with Crippen molar-refractivity contribution in [1.29, 1.82) is 0 Å². The Kier molecular flexibility index (Phi) is 7.27. The van der Waals surface area contributed by atoms with Gasteiger partial charge in [0.25, 0.3) is 11.8 Å². The van der Waals surface area contributed by atoms with Gasteiger partial charge in [-0.3, -0.25) is 9.59 Å². The molecule has 3 N–H and O–H groups in total. The Balaban J connectivity index is 1.74. The van der Waals surface area contributed by atoms with E-state index < -0.39 is 0 Å². The summed E-state index contributed by atoms with van der Waals surface area (Å²) in [6.07, 6.45) is 1.54. The molecular weight excluding hydrogens is 447 g/mol. The first kappa shape index (κ1) is 24.2. The molecule has 0 aliphatic rings. The number of hydrogen-bond acceptors (Lipinski definition) is 4. The highest BCUT2D eigenvalue weighted by Crippen LogP contribution is 2.36. The second kappa shape index (κ2) is 10.5. The molecule has 0 aliphatic heterocycles. The fraction of sp³-hybridized carbons (Fsp3) is 0.214. The van der Waals surface area contributed by atoms with Crippen LogP contribution >= 0.6 is 0 Å². The number of furan rings is 1. The molecule has 3 aromatic carbocycles. The monoisotopic (exact) mass is 474 g/mol. The lowest BCUT2D eigenvalue weighted by Gasteiger charge is -2.15. The average molecular weight is 475 g/mol. The second-order valence-electron chi connectivity index (χ2n) is 8.33. The zero-order valence-corrected chi connectivity index (χ0v) is 19.6. The summed E-state index contributed by atoms with van der Waals surface area (Å²) in [6.45, 7) is 1.88. The van der Waals surface area contributed by atoms with Crippen LogP contribution in [0.25, 0.3) is 33.4 Å². The van der Waals surface area contributed by atoms with E-state index in [2.05, 4.69) is 10.6 Å². The Morgan fingerprint density at radius 2 is 1.69 bits per heavy atom. The van der Waals surface area contributed by atoms with Gasteiger partial charge in [-0.05, 0) is 66.1 Å². The molecule has 0 bridgehead atoms. The van der Waals surface area contributed by atoms with Crippen LogP contribution in [0.2, 0.25) is 0 Å². The van der Waals surface area contributed by atoms with Gasteiger partial charge in [-0.2, -0.15) is 0 Å². The first-order valence-corrected chi connectivity index (χ1v) is 11.5. The van der Waals surface area contributed by atoms with E-state index in [9.17, 15) is 19.1 Å².